The van der Waals surface area contributed by atoms with Crippen LogP contribution in [-0.2, 0) is 13.0 Å². The van der Waals surface area contributed by atoms with E-state index in [9.17, 15) is 0 Å². The molecule has 1 heterocycles. The Balaban J connectivity index is 1.51. The summed E-state index contributed by atoms with van der Waals surface area (Å²) in [6, 6.07) is 13.6. The van der Waals surface area contributed by atoms with Gasteiger partial charge in [-0.2, -0.15) is 4.98 Å². The third kappa shape index (κ3) is 5.97. The molecule has 2 N–H and O–H groups in total. The standard InChI is InChI=1S/C22H26ClN5O2/c1-4-29-19-12-15(2)8-9-17(19)14-26-22(24-3)25-11-10-20-27-21(28-30-20)16-6-5-7-18(23)13-16/h5-9,12-13H,4,10-11,14H2,1-3H3,(H2,24,25,26). The molecule has 0 aliphatic carbocycles. The zero-order valence-electron chi connectivity index (χ0n) is 17.4. The van der Waals surface area contributed by atoms with E-state index in [0.717, 1.165) is 16.9 Å². The molecule has 0 radical (unpaired) electrons. The zero-order valence-corrected chi connectivity index (χ0v) is 18.2. The molecule has 7 nitrogen and oxygen atoms in total. The minimum absolute atomic E-state index is 0.526. The van der Waals surface area contributed by atoms with Crippen LogP contribution in [0.2, 0.25) is 5.02 Å². The Kier molecular flexibility index (Phi) is 7.68. The minimum Gasteiger partial charge on any atom is -0.494 e. The van der Waals surface area contributed by atoms with Gasteiger partial charge in [-0.15, -0.1) is 0 Å². The number of nitrogens with zero attached hydrogens (tertiary/aromatic N) is 3. The van der Waals surface area contributed by atoms with E-state index >= 15 is 0 Å². The highest BCUT2D eigenvalue weighted by Gasteiger charge is 2.10. The van der Waals surface area contributed by atoms with Crippen LogP contribution in [0.25, 0.3) is 11.4 Å². The molecule has 8 heteroatoms. The number of aliphatic imine (C=N–C) groups is 1. The Hall–Kier alpha value is -3.06. The van der Waals surface area contributed by atoms with Crippen molar-refractivity contribution in [3.05, 3.63) is 64.5 Å². The lowest BCUT2D eigenvalue weighted by Gasteiger charge is -2.14. The first-order valence-electron chi connectivity index (χ1n) is 9.84. The largest absolute Gasteiger partial charge is 0.494 e. The first-order chi connectivity index (χ1) is 14.6. The number of nitrogens with one attached hydrogen (secondary N) is 2. The van der Waals surface area contributed by atoms with Gasteiger partial charge in [0.15, 0.2) is 5.96 Å². The van der Waals surface area contributed by atoms with Crippen LogP contribution in [0.15, 0.2) is 52.0 Å². The molecule has 0 saturated heterocycles. The van der Waals surface area contributed by atoms with E-state index < -0.39 is 0 Å². The number of aryl methyl sites for hydroxylation is 1. The smallest absolute Gasteiger partial charge is 0.228 e. The number of hydrogen-bond acceptors (Lipinski definition) is 5. The highest BCUT2D eigenvalue weighted by Crippen LogP contribution is 2.21. The van der Waals surface area contributed by atoms with Crippen LogP contribution in [0.3, 0.4) is 0 Å². The van der Waals surface area contributed by atoms with Crippen molar-refractivity contribution in [2.45, 2.75) is 26.8 Å². The molecule has 1 aromatic heterocycles. The third-order valence-corrected chi connectivity index (χ3v) is 4.61. The van der Waals surface area contributed by atoms with Crippen molar-refractivity contribution in [1.29, 1.82) is 0 Å². The molecule has 0 unspecified atom stereocenters. The van der Waals surface area contributed by atoms with Gasteiger partial charge in [-0.3, -0.25) is 4.99 Å². The lowest BCUT2D eigenvalue weighted by molar-refractivity contribution is 0.336. The summed E-state index contributed by atoms with van der Waals surface area (Å²) in [5, 5.41) is 11.2. The average molecular weight is 428 g/mol. The Bertz CT molecular complexity index is 1000. The van der Waals surface area contributed by atoms with Crippen LogP contribution in [0.1, 0.15) is 23.9 Å². The topological polar surface area (TPSA) is 84.6 Å². The number of halogens is 1. The van der Waals surface area contributed by atoms with Crippen molar-refractivity contribution in [3.8, 4) is 17.1 Å². The maximum Gasteiger partial charge on any atom is 0.228 e. The molecular weight excluding hydrogens is 402 g/mol. The van der Waals surface area contributed by atoms with E-state index in [-0.39, 0.29) is 0 Å². The summed E-state index contributed by atoms with van der Waals surface area (Å²) in [4.78, 5) is 8.69. The second kappa shape index (κ2) is 10.6. The van der Waals surface area contributed by atoms with Crippen molar-refractivity contribution in [3.63, 3.8) is 0 Å². The average Bonchev–Trinajstić information content (AvgIpc) is 3.21. The van der Waals surface area contributed by atoms with E-state index in [1.54, 1.807) is 7.05 Å². The first-order valence-corrected chi connectivity index (χ1v) is 10.2. The van der Waals surface area contributed by atoms with Crippen LogP contribution in [0, 0.1) is 6.92 Å². The maximum atomic E-state index is 6.02. The van der Waals surface area contributed by atoms with Crippen molar-refractivity contribution in [1.82, 2.24) is 20.8 Å². The summed E-state index contributed by atoms with van der Waals surface area (Å²) in [6.07, 6.45) is 0.572. The van der Waals surface area contributed by atoms with E-state index in [2.05, 4.69) is 44.8 Å². The summed E-state index contributed by atoms with van der Waals surface area (Å²) < 4.78 is 11.1. The molecule has 3 aromatic rings. The molecule has 30 heavy (non-hydrogen) atoms. The van der Waals surface area contributed by atoms with Crippen molar-refractivity contribution in [2.75, 3.05) is 20.2 Å². The summed E-state index contributed by atoms with van der Waals surface area (Å²) in [7, 11) is 1.73. The molecule has 2 aromatic carbocycles. The Morgan fingerprint density at radius 2 is 2.07 bits per heavy atom. The van der Waals surface area contributed by atoms with E-state index in [1.165, 1.54) is 5.56 Å². The number of rotatable bonds is 8. The molecule has 0 spiro atoms. The SMILES string of the molecule is CCOc1cc(C)ccc1CNC(=NC)NCCc1nc(-c2cccc(Cl)c2)no1. The predicted octanol–water partition coefficient (Wildman–Crippen LogP) is 4.00. The molecular formula is C22H26ClN5O2. The van der Waals surface area contributed by atoms with Gasteiger partial charge >= 0.3 is 0 Å². The fourth-order valence-corrected chi connectivity index (χ4v) is 3.08. The van der Waals surface area contributed by atoms with Crippen LogP contribution < -0.4 is 15.4 Å². The summed E-state index contributed by atoms with van der Waals surface area (Å²) in [6.45, 7) is 5.87. The number of benzene rings is 2. The number of guanidine groups is 1. The monoisotopic (exact) mass is 427 g/mol. The molecule has 0 bridgehead atoms. The van der Waals surface area contributed by atoms with E-state index in [4.69, 9.17) is 20.9 Å². The van der Waals surface area contributed by atoms with Gasteiger partial charge in [-0.05, 0) is 37.6 Å². The van der Waals surface area contributed by atoms with E-state index in [0.29, 0.717) is 48.8 Å². The van der Waals surface area contributed by atoms with Crippen molar-refractivity contribution >= 4 is 17.6 Å². The fraction of sp³-hybridized carbons (Fsp3) is 0.318. The second-order valence-corrected chi connectivity index (χ2v) is 7.11. The third-order valence-electron chi connectivity index (χ3n) is 4.37. The van der Waals surface area contributed by atoms with Gasteiger partial charge in [0.2, 0.25) is 11.7 Å². The predicted molar refractivity (Wildman–Crippen MR) is 119 cm³/mol. The normalized spacial score (nSPS) is 11.4. The van der Waals surface area contributed by atoms with Gasteiger partial charge in [0.05, 0.1) is 6.61 Å². The van der Waals surface area contributed by atoms with Crippen LogP contribution in [-0.4, -0.2) is 36.3 Å². The fourth-order valence-electron chi connectivity index (χ4n) is 2.89. The first kappa shape index (κ1) is 21.6. The van der Waals surface area contributed by atoms with Crippen LogP contribution >= 0.6 is 11.6 Å². The van der Waals surface area contributed by atoms with Gasteiger partial charge in [-0.25, -0.2) is 0 Å². The second-order valence-electron chi connectivity index (χ2n) is 6.67. The highest BCUT2D eigenvalue weighted by atomic mass is 35.5. The summed E-state index contributed by atoms with van der Waals surface area (Å²) in [5.41, 5.74) is 3.07. The molecule has 0 aliphatic rings. The van der Waals surface area contributed by atoms with Gasteiger partial charge in [0.1, 0.15) is 5.75 Å². The number of hydrogen-bond donors (Lipinski definition) is 2. The van der Waals surface area contributed by atoms with Crippen LogP contribution in [0.4, 0.5) is 0 Å². The lowest BCUT2D eigenvalue weighted by atomic mass is 10.1. The van der Waals surface area contributed by atoms with Gasteiger partial charge in [-0.1, -0.05) is 41.0 Å². The number of ether oxygens (including phenoxy) is 1. The Morgan fingerprint density at radius 3 is 2.83 bits per heavy atom. The van der Waals surface area contributed by atoms with Gasteiger partial charge in [0, 0.05) is 42.7 Å². The maximum absolute atomic E-state index is 6.02. The van der Waals surface area contributed by atoms with Gasteiger partial charge in [0.25, 0.3) is 0 Å². The molecule has 0 atom stereocenters. The zero-order chi connectivity index (χ0) is 21.3. The molecule has 0 fully saturated rings. The van der Waals surface area contributed by atoms with Crippen LogP contribution in [0.5, 0.6) is 5.75 Å². The summed E-state index contributed by atoms with van der Waals surface area (Å²) >= 11 is 6.02. The Labute approximate surface area is 181 Å². The minimum atomic E-state index is 0.526. The van der Waals surface area contributed by atoms with Crippen molar-refractivity contribution < 1.29 is 9.26 Å². The highest BCUT2D eigenvalue weighted by molar-refractivity contribution is 6.30. The summed E-state index contributed by atoms with van der Waals surface area (Å²) in [5.74, 6) is 2.65. The van der Waals surface area contributed by atoms with Gasteiger partial charge < -0.3 is 19.9 Å². The quantitative estimate of drug-likeness (QED) is 0.417. The molecule has 0 amide bonds. The van der Waals surface area contributed by atoms with Crippen molar-refractivity contribution in [2.24, 2.45) is 4.99 Å². The molecule has 3 rings (SSSR count). The molecule has 158 valence electrons. The lowest BCUT2D eigenvalue weighted by Crippen LogP contribution is -2.38. The Morgan fingerprint density at radius 1 is 1.20 bits per heavy atom. The molecule has 0 aliphatic heterocycles. The van der Waals surface area contributed by atoms with E-state index in [1.807, 2.05) is 37.3 Å². The molecule has 0 saturated carbocycles. The number of aromatic nitrogens is 2.